The fraction of sp³-hybridized carbons (Fsp3) is 0.458. The van der Waals surface area contributed by atoms with Crippen LogP contribution in [-0.4, -0.2) is 36.0 Å². The van der Waals surface area contributed by atoms with E-state index in [0.717, 1.165) is 46.9 Å². The Bertz CT molecular complexity index is 816. The maximum atomic E-state index is 12.7. The van der Waals surface area contributed by atoms with Gasteiger partial charge in [0.2, 0.25) is 0 Å². The zero-order valence-electron chi connectivity index (χ0n) is 16.6. The first-order valence-corrected chi connectivity index (χ1v) is 11.8. The van der Waals surface area contributed by atoms with Crippen LogP contribution >= 0.6 is 27.5 Å². The van der Waals surface area contributed by atoms with Crippen LogP contribution in [0.15, 0.2) is 53.0 Å². The highest BCUT2D eigenvalue weighted by Crippen LogP contribution is 2.30. The van der Waals surface area contributed by atoms with Gasteiger partial charge in [-0.15, -0.1) is 0 Å². The highest BCUT2D eigenvalue weighted by atomic mass is 79.9. The summed E-state index contributed by atoms with van der Waals surface area (Å²) < 4.78 is 0.995. The molecule has 2 fully saturated rings. The number of likely N-dealkylation sites (tertiary alicyclic amines) is 1. The molecule has 1 aliphatic heterocycles. The number of nitrogens with zero attached hydrogens (tertiary/aromatic N) is 1. The summed E-state index contributed by atoms with van der Waals surface area (Å²) in [5, 5.41) is 4.12. The molecular weight excluding hydrogens is 448 g/mol. The van der Waals surface area contributed by atoms with Gasteiger partial charge in [-0.3, -0.25) is 9.69 Å². The third kappa shape index (κ3) is 5.42. The molecule has 2 aromatic carbocycles. The second-order valence-corrected chi connectivity index (χ2v) is 9.75. The van der Waals surface area contributed by atoms with E-state index in [4.69, 9.17) is 11.6 Å². The Hall–Kier alpha value is -1.36. The van der Waals surface area contributed by atoms with E-state index in [1.807, 2.05) is 36.4 Å². The molecule has 3 nitrogen and oxygen atoms in total. The molecule has 0 radical (unpaired) electrons. The van der Waals surface area contributed by atoms with Crippen molar-refractivity contribution in [1.29, 1.82) is 0 Å². The first-order chi connectivity index (χ1) is 14.1. The molecule has 0 aromatic heterocycles. The molecule has 0 spiro atoms. The molecular formula is C24H28BrClN2O. The van der Waals surface area contributed by atoms with Crippen LogP contribution in [0.5, 0.6) is 0 Å². The summed E-state index contributed by atoms with van der Waals surface area (Å²) in [5.41, 5.74) is 2.12. The molecule has 4 rings (SSSR count). The molecule has 5 heteroatoms. The van der Waals surface area contributed by atoms with E-state index < -0.39 is 0 Å². The van der Waals surface area contributed by atoms with Gasteiger partial charge in [-0.05, 0) is 99.5 Å². The summed E-state index contributed by atoms with van der Waals surface area (Å²) in [6.45, 7) is 2.27. The maximum absolute atomic E-state index is 12.7. The predicted octanol–water partition coefficient (Wildman–Crippen LogP) is 5.71. The lowest BCUT2D eigenvalue weighted by molar-refractivity contribution is 0.0862. The smallest absolute Gasteiger partial charge is 0.251 e. The number of rotatable bonds is 5. The van der Waals surface area contributed by atoms with E-state index in [-0.39, 0.29) is 11.9 Å². The minimum atomic E-state index is 0.0482. The monoisotopic (exact) mass is 474 g/mol. The molecule has 2 aliphatic rings. The zero-order chi connectivity index (χ0) is 20.2. The van der Waals surface area contributed by atoms with Crippen LogP contribution in [0.2, 0.25) is 5.02 Å². The average Bonchev–Trinajstić information content (AvgIpc) is 3.19. The molecule has 1 heterocycles. The standard InChI is InChI=1S/C24H28BrClN2O/c25-20-8-6-19(7-9-20)24(29)27-22-2-1-3-23(22)28-14-12-18(13-15-28)16-17-4-10-21(26)11-5-17/h4-11,18,22-23H,1-3,12-16H2,(H,27,29). The van der Waals surface area contributed by atoms with Crippen molar-refractivity contribution >= 4 is 33.4 Å². The van der Waals surface area contributed by atoms with Crippen molar-refractivity contribution in [3.8, 4) is 0 Å². The summed E-state index contributed by atoms with van der Waals surface area (Å²) in [7, 11) is 0. The van der Waals surface area contributed by atoms with Gasteiger partial charge >= 0.3 is 0 Å². The molecule has 0 bridgehead atoms. The Morgan fingerprint density at radius 3 is 2.38 bits per heavy atom. The van der Waals surface area contributed by atoms with Crippen molar-refractivity contribution in [2.45, 2.75) is 50.6 Å². The van der Waals surface area contributed by atoms with E-state index in [9.17, 15) is 4.79 Å². The van der Waals surface area contributed by atoms with Crippen LogP contribution < -0.4 is 5.32 Å². The number of carbonyl (C=O) groups is 1. The maximum Gasteiger partial charge on any atom is 0.251 e. The van der Waals surface area contributed by atoms with Crippen molar-refractivity contribution in [3.05, 3.63) is 69.2 Å². The topological polar surface area (TPSA) is 32.3 Å². The predicted molar refractivity (Wildman–Crippen MR) is 122 cm³/mol. The molecule has 1 saturated heterocycles. The number of nitrogens with one attached hydrogen (secondary N) is 1. The molecule has 1 aliphatic carbocycles. The van der Waals surface area contributed by atoms with Gasteiger partial charge in [0.15, 0.2) is 0 Å². The fourth-order valence-corrected chi connectivity index (χ4v) is 5.23. The lowest BCUT2D eigenvalue weighted by Gasteiger charge is -2.38. The number of piperidine rings is 1. The third-order valence-electron chi connectivity index (χ3n) is 6.46. The van der Waals surface area contributed by atoms with Crippen molar-refractivity contribution in [3.63, 3.8) is 0 Å². The highest BCUT2D eigenvalue weighted by Gasteiger charge is 2.35. The summed E-state index contributed by atoms with van der Waals surface area (Å²) >= 11 is 9.43. The highest BCUT2D eigenvalue weighted by molar-refractivity contribution is 9.10. The van der Waals surface area contributed by atoms with E-state index in [2.05, 4.69) is 38.3 Å². The number of amides is 1. The first kappa shape index (κ1) is 20.9. The molecule has 1 saturated carbocycles. The Labute approximate surface area is 186 Å². The number of carbonyl (C=O) groups excluding carboxylic acids is 1. The molecule has 2 atom stereocenters. The van der Waals surface area contributed by atoms with Crippen LogP contribution in [0.4, 0.5) is 0 Å². The number of benzene rings is 2. The minimum absolute atomic E-state index is 0.0482. The summed E-state index contributed by atoms with van der Waals surface area (Å²) in [6.07, 6.45) is 7.06. The van der Waals surface area contributed by atoms with E-state index in [0.29, 0.717) is 6.04 Å². The van der Waals surface area contributed by atoms with Gasteiger partial charge in [0.05, 0.1) is 0 Å². The third-order valence-corrected chi connectivity index (χ3v) is 7.24. The SMILES string of the molecule is O=C(NC1CCCC1N1CCC(Cc2ccc(Cl)cc2)CC1)c1ccc(Br)cc1. The van der Waals surface area contributed by atoms with Gasteiger partial charge in [0.25, 0.3) is 5.91 Å². The average molecular weight is 476 g/mol. The lowest BCUT2D eigenvalue weighted by Crippen LogP contribution is -2.51. The number of hydrogen-bond acceptors (Lipinski definition) is 2. The zero-order valence-corrected chi connectivity index (χ0v) is 19.0. The van der Waals surface area contributed by atoms with Gasteiger partial charge in [-0.2, -0.15) is 0 Å². The first-order valence-electron chi connectivity index (χ1n) is 10.6. The normalized spacial score (nSPS) is 23.2. The Morgan fingerprint density at radius 2 is 1.69 bits per heavy atom. The summed E-state index contributed by atoms with van der Waals surface area (Å²) in [5.74, 6) is 0.789. The summed E-state index contributed by atoms with van der Waals surface area (Å²) in [4.78, 5) is 15.3. The van der Waals surface area contributed by atoms with Crippen molar-refractivity contribution in [2.24, 2.45) is 5.92 Å². The van der Waals surface area contributed by atoms with Crippen LogP contribution in [0.1, 0.15) is 48.0 Å². The molecule has 2 unspecified atom stereocenters. The van der Waals surface area contributed by atoms with Gasteiger partial charge in [0, 0.05) is 27.1 Å². The second kappa shape index (κ2) is 9.63. The number of halogens is 2. The van der Waals surface area contributed by atoms with Crippen molar-refractivity contribution < 1.29 is 4.79 Å². The Balaban J connectivity index is 1.30. The van der Waals surface area contributed by atoms with Crippen LogP contribution in [0.3, 0.4) is 0 Å². The molecule has 1 amide bonds. The van der Waals surface area contributed by atoms with E-state index >= 15 is 0 Å². The van der Waals surface area contributed by atoms with Gasteiger partial charge in [-0.25, -0.2) is 0 Å². The summed E-state index contributed by atoms with van der Waals surface area (Å²) in [6, 6.07) is 16.6. The van der Waals surface area contributed by atoms with E-state index in [1.165, 1.54) is 31.2 Å². The Kier molecular flexibility index (Phi) is 6.94. The van der Waals surface area contributed by atoms with Crippen LogP contribution in [0, 0.1) is 5.92 Å². The van der Waals surface area contributed by atoms with Gasteiger partial charge < -0.3 is 5.32 Å². The lowest BCUT2D eigenvalue weighted by atomic mass is 9.89. The largest absolute Gasteiger partial charge is 0.348 e. The van der Waals surface area contributed by atoms with Gasteiger partial charge in [0.1, 0.15) is 0 Å². The minimum Gasteiger partial charge on any atom is -0.348 e. The second-order valence-electron chi connectivity index (χ2n) is 8.40. The molecule has 154 valence electrons. The van der Waals surface area contributed by atoms with Crippen molar-refractivity contribution in [2.75, 3.05) is 13.1 Å². The van der Waals surface area contributed by atoms with Crippen molar-refractivity contribution in [1.82, 2.24) is 10.2 Å². The van der Waals surface area contributed by atoms with E-state index in [1.54, 1.807) is 0 Å². The molecule has 29 heavy (non-hydrogen) atoms. The van der Waals surface area contributed by atoms with Crippen LogP contribution in [-0.2, 0) is 6.42 Å². The Morgan fingerprint density at radius 1 is 1.00 bits per heavy atom. The number of hydrogen-bond donors (Lipinski definition) is 1. The quantitative estimate of drug-likeness (QED) is 0.601. The fourth-order valence-electron chi connectivity index (χ4n) is 4.84. The van der Waals surface area contributed by atoms with Crippen LogP contribution in [0.25, 0.3) is 0 Å². The molecule has 1 N–H and O–H groups in total. The van der Waals surface area contributed by atoms with Gasteiger partial charge in [-0.1, -0.05) is 39.7 Å². The molecule has 2 aromatic rings.